The Hall–Kier alpha value is -2.86. The molecule has 0 N–H and O–H groups in total. The van der Waals surface area contributed by atoms with Crippen molar-refractivity contribution in [2.75, 3.05) is 26.2 Å². The molecule has 0 radical (unpaired) electrons. The highest BCUT2D eigenvalue weighted by molar-refractivity contribution is 7.15. The van der Waals surface area contributed by atoms with E-state index in [0.717, 1.165) is 53.4 Å². The maximum atomic E-state index is 13.1. The average molecular weight is 448 g/mol. The molecule has 2 aromatic carbocycles. The van der Waals surface area contributed by atoms with Crippen LogP contribution in [0.2, 0.25) is 0 Å². The molecule has 1 fully saturated rings. The minimum atomic E-state index is 0.142. The molecule has 2 aliphatic heterocycles. The van der Waals surface area contributed by atoms with E-state index in [1.165, 1.54) is 10.4 Å². The predicted octanol–water partition coefficient (Wildman–Crippen LogP) is 5.83. The molecule has 3 aromatic rings. The molecule has 166 valence electrons. The summed E-state index contributed by atoms with van der Waals surface area (Å²) in [6, 6.07) is 15.1. The number of fused-ring (bicyclic) bond motifs is 1. The van der Waals surface area contributed by atoms with Crippen LogP contribution in [-0.2, 0) is 6.54 Å². The molecule has 2 aliphatic rings. The van der Waals surface area contributed by atoms with E-state index < -0.39 is 0 Å². The van der Waals surface area contributed by atoms with Crippen LogP contribution < -0.4 is 4.74 Å². The van der Waals surface area contributed by atoms with Crippen LogP contribution in [0.3, 0.4) is 0 Å². The molecular formula is C26H29N3O2S. The van der Waals surface area contributed by atoms with E-state index in [4.69, 9.17) is 4.74 Å². The molecule has 1 aromatic heterocycles. The number of benzene rings is 2. The van der Waals surface area contributed by atoms with Crippen LogP contribution in [0, 0.1) is 12.8 Å². The number of hydrogen-bond donors (Lipinski definition) is 0. The molecule has 0 spiro atoms. The Kier molecular flexibility index (Phi) is 5.87. The molecule has 3 heterocycles. The third kappa shape index (κ3) is 4.37. The number of likely N-dealkylation sites (tertiary alicyclic amines) is 1. The first-order valence-corrected chi connectivity index (χ1v) is 12.2. The van der Waals surface area contributed by atoms with Gasteiger partial charge in [0.25, 0.3) is 0 Å². The van der Waals surface area contributed by atoms with Crippen molar-refractivity contribution < 1.29 is 9.53 Å². The number of carbonyl (C=O) groups excluding carboxylic acids is 1. The van der Waals surface area contributed by atoms with E-state index in [9.17, 15) is 4.79 Å². The van der Waals surface area contributed by atoms with E-state index in [-0.39, 0.29) is 6.03 Å². The summed E-state index contributed by atoms with van der Waals surface area (Å²) < 4.78 is 5.99. The number of urea groups is 1. The van der Waals surface area contributed by atoms with Gasteiger partial charge in [0, 0.05) is 24.8 Å². The van der Waals surface area contributed by atoms with Gasteiger partial charge in [0.2, 0.25) is 0 Å². The van der Waals surface area contributed by atoms with E-state index in [0.29, 0.717) is 25.6 Å². The molecule has 6 heteroatoms. The second-order valence-electron chi connectivity index (χ2n) is 8.87. The molecule has 1 saturated heterocycles. The van der Waals surface area contributed by atoms with Gasteiger partial charge in [-0.3, -0.25) is 0 Å². The van der Waals surface area contributed by atoms with E-state index in [2.05, 4.69) is 48.3 Å². The van der Waals surface area contributed by atoms with Crippen molar-refractivity contribution in [2.24, 2.45) is 5.92 Å². The van der Waals surface area contributed by atoms with Gasteiger partial charge in [-0.15, -0.1) is 11.3 Å². The van der Waals surface area contributed by atoms with Gasteiger partial charge in [0.05, 0.1) is 23.0 Å². The van der Waals surface area contributed by atoms with Crippen molar-refractivity contribution in [2.45, 2.75) is 33.2 Å². The van der Waals surface area contributed by atoms with Gasteiger partial charge in [-0.2, -0.15) is 0 Å². The fraction of sp³-hybridized carbons (Fsp3) is 0.385. The van der Waals surface area contributed by atoms with E-state index >= 15 is 0 Å². The van der Waals surface area contributed by atoms with Gasteiger partial charge in [-0.1, -0.05) is 37.3 Å². The lowest BCUT2D eigenvalue weighted by atomic mass is 9.99. The Balaban J connectivity index is 1.35. The van der Waals surface area contributed by atoms with Crippen molar-refractivity contribution in [3.05, 3.63) is 59.2 Å². The number of aromatic nitrogens is 1. The third-order valence-corrected chi connectivity index (χ3v) is 7.45. The Morgan fingerprint density at radius 1 is 1.00 bits per heavy atom. The van der Waals surface area contributed by atoms with E-state index in [1.54, 1.807) is 11.3 Å². The van der Waals surface area contributed by atoms with Crippen molar-refractivity contribution in [1.82, 2.24) is 14.8 Å². The third-order valence-electron chi connectivity index (χ3n) is 6.49. The maximum Gasteiger partial charge on any atom is 0.320 e. The topological polar surface area (TPSA) is 45.7 Å². The van der Waals surface area contributed by atoms with Crippen molar-refractivity contribution >= 4 is 17.4 Å². The Labute approximate surface area is 193 Å². The maximum absolute atomic E-state index is 13.1. The molecule has 5 nitrogen and oxygen atoms in total. The van der Waals surface area contributed by atoms with Gasteiger partial charge in [0.15, 0.2) is 0 Å². The lowest BCUT2D eigenvalue weighted by molar-refractivity contribution is 0.129. The Bertz CT molecular complexity index is 1100. The first-order chi connectivity index (χ1) is 15.6. The minimum absolute atomic E-state index is 0.142. The monoisotopic (exact) mass is 447 g/mol. The van der Waals surface area contributed by atoms with Crippen LogP contribution in [0.1, 0.15) is 30.3 Å². The van der Waals surface area contributed by atoms with Crippen LogP contribution in [0.5, 0.6) is 5.75 Å². The molecule has 2 amide bonds. The van der Waals surface area contributed by atoms with Crippen LogP contribution >= 0.6 is 11.3 Å². The highest BCUT2D eigenvalue weighted by Crippen LogP contribution is 2.32. The second-order valence-corrected chi connectivity index (χ2v) is 10.1. The number of amides is 2. The number of thiazole rings is 1. The standard InChI is InChI=1S/C26H29N3O2S/c1-18-9-11-28(12-10-18)26(30)29-13-14-31-24-8-7-22(15-23(24)17-29)20-3-5-21(6-4-20)25-16-27-19(2)32-25/h3-8,15-16,18H,9-14,17H2,1-2H3. The summed E-state index contributed by atoms with van der Waals surface area (Å²) in [5.74, 6) is 1.59. The fourth-order valence-corrected chi connectivity index (χ4v) is 5.24. The molecule has 0 aliphatic carbocycles. The molecule has 5 rings (SSSR count). The quantitative estimate of drug-likeness (QED) is 0.496. The lowest BCUT2D eigenvalue weighted by Crippen LogP contribution is -2.46. The number of rotatable bonds is 2. The molecule has 0 bridgehead atoms. The molecule has 0 atom stereocenters. The fourth-order valence-electron chi connectivity index (χ4n) is 4.46. The summed E-state index contributed by atoms with van der Waals surface area (Å²) in [5.41, 5.74) is 4.55. The van der Waals surface area contributed by atoms with Gasteiger partial charge in [0.1, 0.15) is 12.4 Å². The van der Waals surface area contributed by atoms with Gasteiger partial charge >= 0.3 is 6.03 Å². The van der Waals surface area contributed by atoms with Gasteiger partial charge in [-0.25, -0.2) is 9.78 Å². The van der Waals surface area contributed by atoms with E-state index in [1.807, 2.05) is 29.0 Å². The van der Waals surface area contributed by atoms with Gasteiger partial charge in [-0.05, 0) is 54.5 Å². The van der Waals surface area contributed by atoms with Gasteiger partial charge < -0.3 is 14.5 Å². The summed E-state index contributed by atoms with van der Waals surface area (Å²) >= 11 is 1.71. The number of piperidine rings is 1. The van der Waals surface area contributed by atoms with Crippen molar-refractivity contribution in [3.8, 4) is 27.3 Å². The number of nitrogens with zero attached hydrogens (tertiary/aromatic N) is 3. The van der Waals surface area contributed by atoms with Crippen LogP contribution in [0.4, 0.5) is 4.79 Å². The number of aryl methyl sites for hydroxylation is 1. The Morgan fingerprint density at radius 2 is 1.72 bits per heavy atom. The average Bonchev–Trinajstić information content (AvgIpc) is 3.14. The smallest absolute Gasteiger partial charge is 0.320 e. The zero-order valence-corrected chi connectivity index (χ0v) is 19.5. The first kappa shape index (κ1) is 21.0. The van der Waals surface area contributed by atoms with Crippen LogP contribution in [-0.4, -0.2) is 47.1 Å². The Morgan fingerprint density at radius 3 is 2.44 bits per heavy atom. The second kappa shape index (κ2) is 8.94. The van der Waals surface area contributed by atoms with Crippen molar-refractivity contribution in [1.29, 1.82) is 0 Å². The van der Waals surface area contributed by atoms with Crippen LogP contribution in [0.15, 0.2) is 48.7 Å². The zero-order chi connectivity index (χ0) is 22.1. The number of ether oxygens (including phenoxy) is 1. The SMILES string of the molecule is Cc1ncc(-c2ccc(-c3ccc4c(c3)CN(C(=O)N3CCC(C)CC3)CCO4)cc2)s1. The van der Waals surface area contributed by atoms with Crippen molar-refractivity contribution in [3.63, 3.8) is 0 Å². The normalized spacial score (nSPS) is 16.9. The zero-order valence-electron chi connectivity index (χ0n) is 18.7. The molecular weight excluding hydrogens is 418 g/mol. The molecule has 0 unspecified atom stereocenters. The highest BCUT2D eigenvalue weighted by Gasteiger charge is 2.27. The summed E-state index contributed by atoms with van der Waals surface area (Å²) in [6.45, 7) is 7.76. The van der Waals surface area contributed by atoms with Crippen LogP contribution in [0.25, 0.3) is 21.6 Å². The number of hydrogen-bond acceptors (Lipinski definition) is 4. The highest BCUT2D eigenvalue weighted by atomic mass is 32.1. The summed E-state index contributed by atoms with van der Waals surface area (Å²) in [4.78, 5) is 22.6. The lowest BCUT2D eigenvalue weighted by Gasteiger charge is -2.34. The number of carbonyl (C=O) groups is 1. The largest absolute Gasteiger partial charge is 0.491 e. The predicted molar refractivity (Wildman–Crippen MR) is 129 cm³/mol. The minimum Gasteiger partial charge on any atom is -0.491 e. The summed E-state index contributed by atoms with van der Waals surface area (Å²) in [6.07, 6.45) is 4.12. The molecule has 32 heavy (non-hydrogen) atoms. The molecule has 0 saturated carbocycles. The first-order valence-electron chi connectivity index (χ1n) is 11.4. The summed E-state index contributed by atoms with van der Waals surface area (Å²) in [5, 5.41) is 1.08. The summed E-state index contributed by atoms with van der Waals surface area (Å²) in [7, 11) is 0.